The standard InChI is InChI=1S/C78H94Br6N2O6S3/c79-43-13-1-7-19-49-87-67-55-61(56-68(88-50-20-8-2-14-44-80)77(67)91-53-23-11-5-17-47-83)27-25-59-29-33-63(34-30-59)71-39-41-73(93-71)65-37-38-66(76-75(65)85-95-86-76)74-42-40-72(94-74)64-35-31-60(32-36-64)26-28-62-57-69(89-51-21-9-3-15-45-81)78(92-54-24-12-6-18-48-84)70(58-62)90-52-22-10-4-16-46-82/h25-42,55-58H,1-24,43-54H2/b27-25+,28-26+. The first-order chi connectivity index (χ1) is 46.9. The summed E-state index contributed by atoms with van der Waals surface area (Å²) >= 11 is 26.3. The van der Waals surface area contributed by atoms with Gasteiger partial charge in [0.1, 0.15) is 11.0 Å². The van der Waals surface area contributed by atoms with Crippen molar-refractivity contribution in [2.75, 3.05) is 71.6 Å². The molecule has 17 heteroatoms. The van der Waals surface area contributed by atoms with Crippen LogP contribution in [0.4, 0.5) is 0 Å². The van der Waals surface area contributed by atoms with Crippen LogP contribution in [0.5, 0.6) is 34.5 Å². The van der Waals surface area contributed by atoms with Crippen LogP contribution in [0.25, 0.3) is 77.1 Å². The molecule has 0 unspecified atom stereocenters. The molecule has 5 aromatic carbocycles. The van der Waals surface area contributed by atoms with Gasteiger partial charge in [0, 0.05) is 62.6 Å². The second-order valence-electron chi connectivity index (χ2n) is 23.8. The first kappa shape index (κ1) is 77.2. The van der Waals surface area contributed by atoms with Crippen LogP contribution in [-0.4, -0.2) is 80.4 Å². The fraction of sp³-hybridized carbons (Fsp3) is 0.462. The smallest absolute Gasteiger partial charge is 0.203 e. The molecule has 0 fully saturated rings. The number of thiophene rings is 2. The number of halogens is 6. The van der Waals surface area contributed by atoms with Gasteiger partial charge in [-0.2, -0.15) is 8.75 Å². The molecule has 512 valence electrons. The maximum absolute atomic E-state index is 6.55. The maximum Gasteiger partial charge on any atom is 0.203 e. The lowest BCUT2D eigenvalue weighted by molar-refractivity contribution is 0.234. The largest absolute Gasteiger partial charge is 0.490 e. The number of rotatable bonds is 50. The summed E-state index contributed by atoms with van der Waals surface area (Å²) in [6.07, 6.45) is 35.6. The van der Waals surface area contributed by atoms with Crippen LogP contribution in [0.15, 0.2) is 109 Å². The summed E-state index contributed by atoms with van der Waals surface area (Å²) in [4.78, 5) is 4.73. The van der Waals surface area contributed by atoms with Gasteiger partial charge in [0.2, 0.25) is 11.5 Å². The molecule has 0 amide bonds. The molecule has 0 aliphatic heterocycles. The molecular weight excluding hydrogens is 1640 g/mol. The number of alkyl halides is 6. The van der Waals surface area contributed by atoms with Crippen LogP contribution >= 0.6 is 130 Å². The first-order valence-electron chi connectivity index (χ1n) is 34.4. The minimum atomic E-state index is 0.631. The van der Waals surface area contributed by atoms with Gasteiger partial charge in [0.25, 0.3) is 0 Å². The number of hydrogen-bond acceptors (Lipinski definition) is 11. The van der Waals surface area contributed by atoms with Crippen LogP contribution in [0.3, 0.4) is 0 Å². The van der Waals surface area contributed by atoms with E-state index in [-0.39, 0.29) is 0 Å². The Bertz CT molecular complexity index is 3200. The predicted octanol–water partition coefficient (Wildman–Crippen LogP) is 26.8. The number of aromatic nitrogens is 2. The summed E-state index contributed by atoms with van der Waals surface area (Å²) < 4.78 is 49.1. The number of hydrogen-bond donors (Lipinski definition) is 0. The van der Waals surface area contributed by atoms with Gasteiger partial charge in [-0.15, -0.1) is 22.7 Å². The Hall–Kier alpha value is -3.52. The van der Waals surface area contributed by atoms with E-state index in [1.165, 1.54) is 119 Å². The average molecular weight is 1730 g/mol. The first-order valence-corrected chi connectivity index (χ1v) is 43.5. The van der Waals surface area contributed by atoms with Crippen molar-refractivity contribution in [1.82, 2.24) is 8.75 Å². The van der Waals surface area contributed by atoms with Crippen LogP contribution < -0.4 is 28.4 Å². The Kier molecular flexibility index (Phi) is 37.4. The molecule has 8 nitrogen and oxygen atoms in total. The molecule has 0 bridgehead atoms. The van der Waals surface area contributed by atoms with E-state index >= 15 is 0 Å². The van der Waals surface area contributed by atoms with Gasteiger partial charge in [-0.25, -0.2) is 0 Å². The van der Waals surface area contributed by atoms with E-state index in [1.807, 2.05) is 0 Å². The van der Waals surface area contributed by atoms with Crippen LogP contribution in [0.1, 0.15) is 176 Å². The van der Waals surface area contributed by atoms with Crippen molar-refractivity contribution >= 4 is 165 Å². The maximum atomic E-state index is 6.55. The van der Waals surface area contributed by atoms with E-state index in [0.717, 1.165) is 188 Å². The Morgan fingerprint density at radius 3 is 0.832 bits per heavy atom. The fourth-order valence-electron chi connectivity index (χ4n) is 10.9. The summed E-state index contributed by atoms with van der Waals surface area (Å²) in [5.74, 6) is 4.48. The number of ether oxygens (including phenoxy) is 6. The van der Waals surface area contributed by atoms with Gasteiger partial charge >= 0.3 is 0 Å². The number of benzene rings is 5. The van der Waals surface area contributed by atoms with Crippen molar-refractivity contribution in [1.29, 1.82) is 0 Å². The van der Waals surface area contributed by atoms with Gasteiger partial charge in [-0.1, -0.05) is 258 Å². The zero-order chi connectivity index (χ0) is 66.3. The van der Waals surface area contributed by atoms with Crippen molar-refractivity contribution in [2.24, 2.45) is 0 Å². The third kappa shape index (κ3) is 26.5. The van der Waals surface area contributed by atoms with Crippen molar-refractivity contribution in [3.05, 3.63) is 131 Å². The highest BCUT2D eigenvalue weighted by Crippen LogP contribution is 2.45. The summed E-state index contributed by atoms with van der Waals surface area (Å²) in [7, 11) is 0. The summed E-state index contributed by atoms with van der Waals surface area (Å²) in [5.41, 5.74) is 10.7. The SMILES string of the molecule is BrCCCCCCOc1cc(/C=C/c2ccc(-c3ccc(-c4ccc(-c5ccc(-c6ccc(/C=C/c7cc(OCCCCCCBr)c(OCCCCCCBr)c(OCCCCCCBr)c7)cc6)s5)c5nsnc45)s3)cc2)cc(OCCCCCCBr)c1OCCCCCCBr. The highest BCUT2D eigenvalue weighted by atomic mass is 79.9. The Labute approximate surface area is 629 Å². The molecule has 0 atom stereocenters. The van der Waals surface area contributed by atoms with Crippen molar-refractivity contribution in [2.45, 2.75) is 154 Å². The van der Waals surface area contributed by atoms with E-state index in [0.29, 0.717) is 39.6 Å². The number of unbranched alkanes of at least 4 members (excludes halogenated alkanes) is 18. The Morgan fingerprint density at radius 1 is 0.274 bits per heavy atom. The van der Waals surface area contributed by atoms with Crippen LogP contribution in [0.2, 0.25) is 0 Å². The topological polar surface area (TPSA) is 81.2 Å². The van der Waals surface area contributed by atoms with E-state index in [4.69, 9.17) is 37.2 Å². The Morgan fingerprint density at radius 2 is 0.537 bits per heavy atom. The summed E-state index contributed by atoms with van der Waals surface area (Å²) in [6.45, 7) is 3.82. The van der Waals surface area contributed by atoms with Crippen molar-refractivity contribution < 1.29 is 28.4 Å². The number of fused-ring (bicyclic) bond motifs is 1. The van der Waals surface area contributed by atoms with Gasteiger partial charge in [0.05, 0.1) is 51.4 Å². The highest BCUT2D eigenvalue weighted by molar-refractivity contribution is 9.10. The minimum Gasteiger partial charge on any atom is -0.490 e. The van der Waals surface area contributed by atoms with Gasteiger partial charge in [-0.3, -0.25) is 0 Å². The molecule has 0 saturated carbocycles. The molecular formula is C78H94Br6N2O6S3. The fourth-order valence-corrected chi connectivity index (χ4v) is 15.9. The highest BCUT2D eigenvalue weighted by Gasteiger charge is 2.20. The molecule has 0 saturated heterocycles. The van der Waals surface area contributed by atoms with Crippen molar-refractivity contribution in [3.8, 4) is 76.3 Å². The second kappa shape index (κ2) is 46.0. The summed E-state index contributed by atoms with van der Waals surface area (Å²) in [6, 6.07) is 39.5. The lowest BCUT2D eigenvalue weighted by Crippen LogP contribution is -2.07. The van der Waals surface area contributed by atoms with Gasteiger partial charge < -0.3 is 28.4 Å². The Balaban J connectivity index is 0.936. The molecule has 0 N–H and O–H groups in total. The molecule has 0 aliphatic rings. The van der Waals surface area contributed by atoms with Crippen molar-refractivity contribution in [3.63, 3.8) is 0 Å². The van der Waals surface area contributed by atoms with Crippen LogP contribution in [0, 0.1) is 0 Å². The zero-order valence-electron chi connectivity index (χ0n) is 55.0. The quantitative estimate of drug-likeness (QED) is 0.0212. The van der Waals surface area contributed by atoms with Crippen LogP contribution in [-0.2, 0) is 0 Å². The zero-order valence-corrected chi connectivity index (χ0v) is 67.0. The lowest BCUT2D eigenvalue weighted by Gasteiger charge is -2.18. The molecule has 3 heterocycles. The molecule has 95 heavy (non-hydrogen) atoms. The third-order valence-corrected chi connectivity index (χ3v) is 22.5. The molecule has 8 rings (SSSR count). The predicted molar refractivity (Wildman–Crippen MR) is 432 cm³/mol. The van der Waals surface area contributed by atoms with E-state index in [9.17, 15) is 0 Å². The third-order valence-electron chi connectivity index (χ3n) is 16.3. The molecule has 0 aliphatic carbocycles. The second-order valence-corrected chi connectivity index (χ2v) is 31.2. The van der Waals surface area contributed by atoms with E-state index in [1.54, 1.807) is 22.7 Å². The lowest BCUT2D eigenvalue weighted by atomic mass is 10.1. The van der Waals surface area contributed by atoms with Gasteiger partial charge in [-0.05, 0) is 159 Å². The summed E-state index contributed by atoms with van der Waals surface area (Å²) in [5, 5.41) is 6.21. The minimum absolute atomic E-state index is 0.631. The number of nitrogens with zero attached hydrogens (tertiary/aromatic N) is 2. The normalized spacial score (nSPS) is 11.6. The molecule has 3 aromatic heterocycles. The monoisotopic (exact) mass is 1720 g/mol. The average Bonchev–Trinajstić information content (AvgIpc) is 1.66. The molecule has 0 spiro atoms. The van der Waals surface area contributed by atoms with E-state index < -0.39 is 0 Å². The van der Waals surface area contributed by atoms with E-state index in [2.05, 4.69) is 229 Å². The molecule has 8 aromatic rings. The molecule has 0 radical (unpaired) electrons. The van der Waals surface area contributed by atoms with Gasteiger partial charge in [0.15, 0.2) is 23.0 Å².